The molecule has 0 saturated carbocycles. The third-order valence-electron chi connectivity index (χ3n) is 3.52. The largest absolute Gasteiger partial charge is 0.497 e. The van der Waals surface area contributed by atoms with E-state index in [-0.39, 0.29) is 10.8 Å². The Balaban J connectivity index is 2.34. The van der Waals surface area contributed by atoms with Crippen molar-refractivity contribution in [3.8, 4) is 5.75 Å². The molecule has 7 nitrogen and oxygen atoms in total. The highest BCUT2D eigenvalue weighted by Gasteiger charge is 2.31. The van der Waals surface area contributed by atoms with Gasteiger partial charge in [0.1, 0.15) is 15.2 Å². The van der Waals surface area contributed by atoms with Crippen LogP contribution in [0.25, 0.3) is 0 Å². The average molecular weight is 382 g/mol. The molecule has 0 bridgehead atoms. The van der Waals surface area contributed by atoms with Crippen LogP contribution in [0, 0.1) is 0 Å². The van der Waals surface area contributed by atoms with Crippen molar-refractivity contribution in [2.45, 2.75) is 9.46 Å². The number of benzene rings is 1. The molecule has 0 aliphatic rings. The maximum Gasteiger partial charge on any atom is 0.309 e. The average Bonchev–Trinajstić information content (AvgIpc) is 3.17. The predicted molar refractivity (Wildman–Crippen MR) is 94.3 cm³/mol. The van der Waals surface area contributed by atoms with Crippen LogP contribution in [0.2, 0.25) is 0 Å². The van der Waals surface area contributed by atoms with Crippen molar-refractivity contribution in [1.29, 1.82) is 0 Å². The van der Waals surface area contributed by atoms with Crippen LogP contribution in [-0.4, -0.2) is 40.9 Å². The lowest BCUT2D eigenvalue weighted by atomic mass is 10.1. The SMILES string of the molecule is CNC(=O)C(=O)NC[C@@H](c1ccc(OC)cc1)S(=O)(=O)c1cccs1. The summed E-state index contributed by atoms with van der Waals surface area (Å²) in [6, 6.07) is 9.70. The van der Waals surface area contributed by atoms with Gasteiger partial charge < -0.3 is 15.4 Å². The summed E-state index contributed by atoms with van der Waals surface area (Å²) in [6.45, 7) is -0.223. The van der Waals surface area contributed by atoms with E-state index < -0.39 is 26.9 Å². The molecule has 0 radical (unpaired) electrons. The van der Waals surface area contributed by atoms with E-state index >= 15 is 0 Å². The van der Waals surface area contributed by atoms with Gasteiger partial charge in [0.15, 0.2) is 9.84 Å². The second-order valence-electron chi connectivity index (χ2n) is 5.03. The zero-order chi connectivity index (χ0) is 18.4. The number of amides is 2. The first kappa shape index (κ1) is 18.9. The lowest BCUT2D eigenvalue weighted by molar-refractivity contribution is -0.138. The van der Waals surface area contributed by atoms with E-state index in [1.807, 2.05) is 0 Å². The lowest BCUT2D eigenvalue weighted by Gasteiger charge is -2.18. The molecule has 0 spiro atoms. The maximum atomic E-state index is 12.9. The molecule has 0 unspecified atom stereocenters. The number of carbonyl (C=O) groups excluding carboxylic acids is 2. The number of sulfone groups is 1. The predicted octanol–water partition coefficient (Wildman–Crippen LogP) is 1.13. The van der Waals surface area contributed by atoms with Gasteiger partial charge in [-0.15, -0.1) is 11.3 Å². The Hall–Kier alpha value is -2.39. The molecular formula is C16H18N2O5S2. The van der Waals surface area contributed by atoms with E-state index in [0.717, 1.165) is 11.3 Å². The Kier molecular flexibility index (Phi) is 6.16. The fourth-order valence-electron chi connectivity index (χ4n) is 2.17. The monoisotopic (exact) mass is 382 g/mol. The molecule has 1 aromatic heterocycles. The third-order valence-corrected chi connectivity index (χ3v) is 7.05. The number of rotatable bonds is 6. The first-order chi connectivity index (χ1) is 11.9. The first-order valence-corrected chi connectivity index (χ1v) is 9.74. The normalized spacial score (nSPS) is 12.2. The number of thiophene rings is 1. The van der Waals surface area contributed by atoms with Crippen LogP contribution in [0.4, 0.5) is 0 Å². The quantitative estimate of drug-likeness (QED) is 0.730. The topological polar surface area (TPSA) is 102 Å². The molecule has 1 heterocycles. The van der Waals surface area contributed by atoms with Crippen LogP contribution < -0.4 is 15.4 Å². The third kappa shape index (κ3) is 4.37. The van der Waals surface area contributed by atoms with Crippen molar-refractivity contribution < 1.29 is 22.7 Å². The minimum Gasteiger partial charge on any atom is -0.497 e. The number of methoxy groups -OCH3 is 1. The molecule has 2 N–H and O–H groups in total. The molecule has 0 aliphatic carbocycles. The van der Waals surface area contributed by atoms with Crippen molar-refractivity contribution in [3.05, 3.63) is 47.3 Å². The van der Waals surface area contributed by atoms with Gasteiger partial charge in [-0.05, 0) is 29.1 Å². The lowest BCUT2D eigenvalue weighted by Crippen LogP contribution is -2.40. The Morgan fingerprint density at radius 1 is 1.16 bits per heavy atom. The summed E-state index contributed by atoms with van der Waals surface area (Å²) in [4.78, 5) is 23.0. The highest BCUT2D eigenvalue weighted by Crippen LogP contribution is 2.31. The molecule has 0 fully saturated rings. The molecule has 0 aliphatic heterocycles. The van der Waals surface area contributed by atoms with E-state index in [2.05, 4.69) is 10.6 Å². The summed E-state index contributed by atoms with van der Waals surface area (Å²) in [5.74, 6) is -1.13. The van der Waals surface area contributed by atoms with Crippen LogP contribution in [0.15, 0.2) is 46.0 Å². The molecule has 2 amide bonds. The molecular weight excluding hydrogens is 364 g/mol. The molecule has 25 heavy (non-hydrogen) atoms. The maximum absolute atomic E-state index is 12.9. The number of ether oxygens (including phenoxy) is 1. The second-order valence-corrected chi connectivity index (χ2v) is 8.33. The highest BCUT2D eigenvalue weighted by molar-refractivity contribution is 7.93. The van der Waals surface area contributed by atoms with Crippen LogP contribution in [0.3, 0.4) is 0 Å². The van der Waals surface area contributed by atoms with Crippen molar-refractivity contribution in [2.24, 2.45) is 0 Å². The summed E-state index contributed by atoms with van der Waals surface area (Å²) in [7, 11) is -0.890. The Bertz CT molecular complexity index is 830. The van der Waals surface area contributed by atoms with Crippen LogP contribution in [0.1, 0.15) is 10.8 Å². The summed E-state index contributed by atoms with van der Waals surface area (Å²) < 4.78 is 31.1. The zero-order valence-corrected chi connectivity index (χ0v) is 15.3. The van der Waals surface area contributed by atoms with E-state index in [9.17, 15) is 18.0 Å². The summed E-state index contributed by atoms with van der Waals surface area (Å²) >= 11 is 1.10. The Morgan fingerprint density at radius 3 is 2.36 bits per heavy atom. The number of hydrogen-bond donors (Lipinski definition) is 2. The number of carbonyl (C=O) groups is 2. The number of nitrogens with one attached hydrogen (secondary N) is 2. The molecule has 0 saturated heterocycles. The minimum atomic E-state index is -3.73. The van der Waals surface area contributed by atoms with Gasteiger partial charge in [-0.1, -0.05) is 18.2 Å². The smallest absolute Gasteiger partial charge is 0.309 e. The van der Waals surface area contributed by atoms with Gasteiger partial charge in [0.2, 0.25) is 0 Å². The second kappa shape index (κ2) is 8.13. The summed E-state index contributed by atoms with van der Waals surface area (Å²) in [5.41, 5.74) is 0.492. The Labute approximate surface area is 149 Å². The molecule has 134 valence electrons. The summed E-state index contributed by atoms with van der Waals surface area (Å²) in [5, 5.41) is 5.21. The van der Waals surface area contributed by atoms with Gasteiger partial charge in [0.25, 0.3) is 0 Å². The minimum absolute atomic E-state index is 0.197. The standard InChI is InChI=1S/C16H18N2O5S2/c1-17-15(19)16(20)18-10-13(11-5-7-12(23-2)8-6-11)25(21,22)14-4-3-9-24-14/h3-9,13H,10H2,1-2H3,(H,17,19)(H,18,20)/t13-/m0/s1. The van der Waals surface area contributed by atoms with Gasteiger partial charge >= 0.3 is 11.8 Å². The highest BCUT2D eigenvalue weighted by atomic mass is 32.2. The van der Waals surface area contributed by atoms with Gasteiger partial charge in [0.05, 0.1) is 7.11 Å². The van der Waals surface area contributed by atoms with E-state index in [1.165, 1.54) is 20.2 Å². The van der Waals surface area contributed by atoms with Crippen LogP contribution in [-0.2, 0) is 19.4 Å². The summed E-state index contributed by atoms with van der Waals surface area (Å²) in [6.07, 6.45) is 0. The molecule has 1 atom stereocenters. The fourth-order valence-corrected chi connectivity index (χ4v) is 5.04. The van der Waals surface area contributed by atoms with Gasteiger partial charge in [-0.25, -0.2) is 8.42 Å². The van der Waals surface area contributed by atoms with Crippen LogP contribution in [0.5, 0.6) is 5.75 Å². The van der Waals surface area contributed by atoms with Crippen molar-refractivity contribution in [1.82, 2.24) is 10.6 Å². The molecule has 2 aromatic rings. The van der Waals surface area contributed by atoms with E-state index in [0.29, 0.717) is 11.3 Å². The fraction of sp³-hybridized carbons (Fsp3) is 0.250. The number of likely N-dealkylation sites (N-methyl/N-ethyl adjacent to an activating group) is 1. The van der Waals surface area contributed by atoms with Gasteiger partial charge in [-0.2, -0.15) is 0 Å². The Morgan fingerprint density at radius 2 is 1.84 bits per heavy atom. The number of hydrogen-bond acceptors (Lipinski definition) is 6. The zero-order valence-electron chi connectivity index (χ0n) is 13.7. The van der Waals surface area contributed by atoms with E-state index in [1.54, 1.807) is 35.7 Å². The van der Waals surface area contributed by atoms with Crippen molar-refractivity contribution in [2.75, 3.05) is 20.7 Å². The van der Waals surface area contributed by atoms with Gasteiger partial charge in [0, 0.05) is 13.6 Å². The molecule has 9 heteroatoms. The first-order valence-electron chi connectivity index (χ1n) is 7.31. The molecule has 2 rings (SSSR count). The van der Waals surface area contributed by atoms with Crippen molar-refractivity contribution >= 4 is 33.0 Å². The molecule has 1 aromatic carbocycles. The van der Waals surface area contributed by atoms with Crippen molar-refractivity contribution in [3.63, 3.8) is 0 Å². The van der Waals surface area contributed by atoms with Crippen LogP contribution >= 0.6 is 11.3 Å². The van der Waals surface area contributed by atoms with Gasteiger partial charge in [-0.3, -0.25) is 9.59 Å². The van der Waals surface area contributed by atoms with E-state index in [4.69, 9.17) is 4.74 Å².